The van der Waals surface area contributed by atoms with Gasteiger partial charge in [0.05, 0.1) is 10.9 Å². The molecule has 20 heavy (non-hydrogen) atoms. The van der Waals surface area contributed by atoms with Crippen molar-refractivity contribution in [1.29, 1.82) is 0 Å². The fourth-order valence-corrected chi connectivity index (χ4v) is 3.06. The number of nitrogens with one attached hydrogen (secondary N) is 1. The van der Waals surface area contributed by atoms with Crippen LogP contribution in [-0.2, 0) is 9.59 Å². The number of rotatable bonds is 4. The maximum atomic E-state index is 13.8. The van der Waals surface area contributed by atoms with Crippen LogP contribution in [0, 0.1) is 5.82 Å². The maximum absolute atomic E-state index is 13.8. The Morgan fingerprint density at radius 1 is 1.45 bits per heavy atom. The van der Waals surface area contributed by atoms with Crippen molar-refractivity contribution < 1.29 is 19.1 Å². The van der Waals surface area contributed by atoms with Crippen molar-refractivity contribution in [1.82, 2.24) is 0 Å². The van der Waals surface area contributed by atoms with Gasteiger partial charge < -0.3 is 10.4 Å². The van der Waals surface area contributed by atoms with Crippen LogP contribution in [0.25, 0.3) is 6.08 Å². The first-order valence-corrected chi connectivity index (χ1v) is 7.24. The van der Waals surface area contributed by atoms with E-state index in [9.17, 15) is 14.0 Å². The number of carboxylic acids is 1. The molecule has 0 spiro atoms. The lowest BCUT2D eigenvalue weighted by Crippen LogP contribution is -2.23. The zero-order valence-corrected chi connectivity index (χ0v) is 11.5. The largest absolute Gasteiger partial charge is 0.478 e. The molecule has 1 unspecified atom stereocenters. The summed E-state index contributed by atoms with van der Waals surface area (Å²) in [6.45, 7) is 0. The molecule has 1 aromatic carbocycles. The second-order valence-corrected chi connectivity index (χ2v) is 5.71. The third-order valence-electron chi connectivity index (χ3n) is 2.89. The molecule has 4 nitrogen and oxygen atoms in total. The zero-order valence-electron chi connectivity index (χ0n) is 10.6. The first-order valence-electron chi connectivity index (χ1n) is 6.19. The van der Waals surface area contributed by atoms with Crippen molar-refractivity contribution >= 4 is 35.4 Å². The molecule has 1 atom stereocenters. The monoisotopic (exact) mass is 295 g/mol. The first kappa shape index (κ1) is 14.6. The van der Waals surface area contributed by atoms with Crippen molar-refractivity contribution in [2.24, 2.45) is 0 Å². The Bertz CT molecular complexity index is 553. The molecule has 0 radical (unpaired) electrons. The van der Waals surface area contributed by atoms with Gasteiger partial charge in [-0.3, -0.25) is 4.79 Å². The van der Waals surface area contributed by atoms with Crippen LogP contribution in [0.2, 0.25) is 0 Å². The number of carbonyl (C=O) groups excluding carboxylic acids is 1. The number of carbonyl (C=O) groups is 2. The van der Waals surface area contributed by atoms with Crippen molar-refractivity contribution in [3.05, 3.63) is 35.7 Å². The molecule has 6 heteroatoms. The third-order valence-corrected chi connectivity index (χ3v) is 4.27. The highest BCUT2D eigenvalue weighted by Crippen LogP contribution is 2.27. The Kier molecular flexibility index (Phi) is 4.79. The van der Waals surface area contributed by atoms with Gasteiger partial charge >= 0.3 is 5.97 Å². The summed E-state index contributed by atoms with van der Waals surface area (Å²) in [5, 5.41) is 11.0. The fourth-order valence-electron chi connectivity index (χ4n) is 1.90. The van der Waals surface area contributed by atoms with Gasteiger partial charge in [0.15, 0.2) is 0 Å². The topological polar surface area (TPSA) is 66.4 Å². The van der Waals surface area contributed by atoms with Gasteiger partial charge in [-0.05, 0) is 42.4 Å². The normalized spacial score (nSPS) is 18.4. The molecule has 0 saturated carbocycles. The van der Waals surface area contributed by atoms with Gasteiger partial charge in [0.2, 0.25) is 5.91 Å². The molecule has 106 valence electrons. The third kappa shape index (κ3) is 3.84. The standard InChI is InChI=1S/C14H14FNO3S/c15-10-8-9(4-6-13(17)18)3-5-11(10)16-14(19)12-2-1-7-20-12/h3-6,8,12H,1-2,7H2,(H,16,19)(H,17,18). The van der Waals surface area contributed by atoms with Crippen LogP contribution in [0.1, 0.15) is 18.4 Å². The SMILES string of the molecule is O=C(O)C=Cc1ccc(NC(=O)C2CCCS2)c(F)c1. The zero-order chi connectivity index (χ0) is 14.5. The average molecular weight is 295 g/mol. The number of carboxylic acid groups (broad SMARTS) is 1. The minimum absolute atomic E-state index is 0.110. The van der Waals surface area contributed by atoms with Crippen LogP contribution in [-0.4, -0.2) is 28.0 Å². The predicted octanol–water partition coefficient (Wildman–Crippen LogP) is 2.76. The summed E-state index contributed by atoms with van der Waals surface area (Å²) in [4.78, 5) is 22.3. The Labute approximate surface area is 120 Å². The number of halogens is 1. The summed E-state index contributed by atoms with van der Waals surface area (Å²) < 4.78 is 13.8. The van der Waals surface area contributed by atoms with E-state index < -0.39 is 11.8 Å². The molecule has 1 heterocycles. The quantitative estimate of drug-likeness (QED) is 0.838. The molecular weight excluding hydrogens is 281 g/mol. The van der Waals surface area contributed by atoms with Gasteiger partial charge in [0.25, 0.3) is 0 Å². The molecule has 1 aromatic rings. The highest BCUT2D eigenvalue weighted by atomic mass is 32.2. The molecule has 2 N–H and O–H groups in total. The molecule has 1 saturated heterocycles. The van der Waals surface area contributed by atoms with Crippen LogP contribution >= 0.6 is 11.8 Å². The second-order valence-electron chi connectivity index (χ2n) is 4.40. The van der Waals surface area contributed by atoms with E-state index in [1.165, 1.54) is 18.2 Å². The molecule has 0 bridgehead atoms. The Morgan fingerprint density at radius 3 is 2.85 bits per heavy atom. The van der Waals surface area contributed by atoms with E-state index in [0.29, 0.717) is 5.56 Å². The number of anilines is 1. The number of thioether (sulfide) groups is 1. The van der Waals surface area contributed by atoms with Crippen molar-refractivity contribution in [2.75, 3.05) is 11.1 Å². The average Bonchev–Trinajstić information content (AvgIpc) is 2.93. The van der Waals surface area contributed by atoms with E-state index in [4.69, 9.17) is 5.11 Å². The predicted molar refractivity (Wildman–Crippen MR) is 77.2 cm³/mol. The second kappa shape index (κ2) is 6.56. The maximum Gasteiger partial charge on any atom is 0.328 e. The van der Waals surface area contributed by atoms with Crippen molar-refractivity contribution in [3.63, 3.8) is 0 Å². The summed E-state index contributed by atoms with van der Waals surface area (Å²) in [7, 11) is 0. The van der Waals surface area contributed by atoms with Crippen LogP contribution in [0.4, 0.5) is 10.1 Å². The lowest BCUT2D eigenvalue weighted by atomic mass is 10.1. The van der Waals surface area contributed by atoms with Crippen LogP contribution in [0.5, 0.6) is 0 Å². The van der Waals surface area contributed by atoms with E-state index in [2.05, 4.69) is 5.32 Å². The van der Waals surface area contributed by atoms with Gasteiger partial charge in [-0.25, -0.2) is 9.18 Å². The molecule has 1 aliphatic rings. The number of hydrogen-bond acceptors (Lipinski definition) is 3. The highest BCUT2D eigenvalue weighted by molar-refractivity contribution is 8.00. The van der Waals surface area contributed by atoms with Crippen LogP contribution in [0.15, 0.2) is 24.3 Å². The molecule has 0 aromatic heterocycles. The van der Waals surface area contributed by atoms with Gasteiger partial charge in [0, 0.05) is 6.08 Å². The summed E-state index contributed by atoms with van der Waals surface area (Å²) in [6.07, 6.45) is 4.05. The van der Waals surface area contributed by atoms with Gasteiger partial charge in [0.1, 0.15) is 5.82 Å². The molecule has 2 rings (SSSR count). The Hall–Kier alpha value is -1.82. The molecular formula is C14H14FNO3S. The fraction of sp³-hybridized carbons (Fsp3) is 0.286. The van der Waals surface area contributed by atoms with E-state index in [1.54, 1.807) is 17.8 Å². The van der Waals surface area contributed by atoms with Gasteiger partial charge in [-0.15, -0.1) is 11.8 Å². The number of hydrogen-bond donors (Lipinski definition) is 2. The summed E-state index contributed by atoms with van der Waals surface area (Å²) >= 11 is 1.58. The number of benzene rings is 1. The Morgan fingerprint density at radius 2 is 2.25 bits per heavy atom. The van der Waals surface area contributed by atoms with Gasteiger partial charge in [-0.1, -0.05) is 6.07 Å². The lowest BCUT2D eigenvalue weighted by Gasteiger charge is -2.10. The minimum atomic E-state index is -1.10. The van der Waals surface area contributed by atoms with Crippen molar-refractivity contribution in [2.45, 2.75) is 18.1 Å². The number of amides is 1. The van der Waals surface area contributed by atoms with Gasteiger partial charge in [-0.2, -0.15) is 0 Å². The Balaban J connectivity index is 2.05. The number of aliphatic carboxylic acids is 1. The van der Waals surface area contributed by atoms with Crippen LogP contribution in [0.3, 0.4) is 0 Å². The smallest absolute Gasteiger partial charge is 0.328 e. The molecule has 0 aliphatic carbocycles. The van der Waals surface area contributed by atoms with Crippen LogP contribution < -0.4 is 5.32 Å². The van der Waals surface area contributed by atoms with Crippen molar-refractivity contribution in [3.8, 4) is 0 Å². The van der Waals surface area contributed by atoms with E-state index >= 15 is 0 Å². The van der Waals surface area contributed by atoms with E-state index in [0.717, 1.165) is 24.7 Å². The highest BCUT2D eigenvalue weighted by Gasteiger charge is 2.23. The minimum Gasteiger partial charge on any atom is -0.478 e. The molecule has 1 aliphatic heterocycles. The van der Waals surface area contributed by atoms with E-state index in [1.807, 2.05) is 0 Å². The summed E-state index contributed by atoms with van der Waals surface area (Å²) in [5.41, 5.74) is 0.549. The summed E-state index contributed by atoms with van der Waals surface area (Å²) in [5.74, 6) is -0.894. The molecule has 1 amide bonds. The van der Waals surface area contributed by atoms with E-state index in [-0.39, 0.29) is 16.8 Å². The summed E-state index contributed by atoms with van der Waals surface area (Å²) in [6, 6.07) is 4.19. The first-order chi connectivity index (χ1) is 9.56. The molecule has 1 fully saturated rings. The lowest BCUT2D eigenvalue weighted by molar-refractivity contribution is -0.131.